The van der Waals surface area contributed by atoms with Crippen LogP contribution in [0.2, 0.25) is 0 Å². The van der Waals surface area contributed by atoms with Crippen molar-refractivity contribution in [3.8, 4) is 0 Å². The zero-order valence-electron chi connectivity index (χ0n) is 19.1. The Balaban J connectivity index is 1.76. The Morgan fingerprint density at radius 2 is 1.65 bits per heavy atom. The van der Waals surface area contributed by atoms with E-state index < -0.39 is 11.2 Å². The van der Waals surface area contributed by atoms with Crippen molar-refractivity contribution in [1.29, 1.82) is 0 Å². The molecule has 176 valence electrons. The highest BCUT2D eigenvalue weighted by atomic mass is 16.2. The summed E-state index contributed by atoms with van der Waals surface area (Å²) in [6, 6.07) is 19.2. The maximum Gasteiger partial charge on any atom is 0.330 e. The van der Waals surface area contributed by atoms with Gasteiger partial charge in [-0.3, -0.25) is 14.3 Å². The first kappa shape index (κ1) is 23.0. The predicted octanol–water partition coefficient (Wildman–Crippen LogP) is 2.16. The number of aromatic nitrogens is 6. The van der Waals surface area contributed by atoms with Crippen LogP contribution in [-0.2, 0) is 26.2 Å². The molecule has 2 aromatic carbocycles. The number of rotatable bonds is 10. The van der Waals surface area contributed by atoms with Crippen molar-refractivity contribution in [2.45, 2.75) is 45.9 Å². The topological polar surface area (TPSA) is 128 Å². The standard InChI is InChI=1S/C24H28N8O2/c1-2-3-14-32-20(27-28-29-32)17-30(15-18-10-6-4-7-11-18)21-22(25)31(24(34)26-23(21)33)16-19-12-8-5-9-13-19/h4-13H,2-3,14-17,25H2,1H3,(H,26,33,34). The van der Waals surface area contributed by atoms with E-state index in [1.54, 1.807) is 4.68 Å². The van der Waals surface area contributed by atoms with Gasteiger partial charge in [0.2, 0.25) is 0 Å². The lowest BCUT2D eigenvalue weighted by Crippen LogP contribution is -2.38. The van der Waals surface area contributed by atoms with Crippen molar-refractivity contribution in [3.05, 3.63) is 98.5 Å². The normalized spacial score (nSPS) is 11.0. The molecule has 0 aliphatic rings. The highest BCUT2D eigenvalue weighted by Gasteiger charge is 2.22. The van der Waals surface area contributed by atoms with Gasteiger partial charge in [0.25, 0.3) is 5.56 Å². The van der Waals surface area contributed by atoms with Crippen LogP contribution in [0.15, 0.2) is 70.3 Å². The zero-order valence-corrected chi connectivity index (χ0v) is 19.1. The molecule has 0 saturated heterocycles. The Bertz CT molecular complexity index is 1330. The monoisotopic (exact) mass is 460 g/mol. The minimum absolute atomic E-state index is 0.0983. The molecule has 0 atom stereocenters. The molecule has 34 heavy (non-hydrogen) atoms. The van der Waals surface area contributed by atoms with Gasteiger partial charge in [-0.05, 0) is 28.0 Å². The van der Waals surface area contributed by atoms with Gasteiger partial charge in [-0.2, -0.15) is 0 Å². The van der Waals surface area contributed by atoms with E-state index in [4.69, 9.17) is 5.73 Å². The molecular weight excluding hydrogens is 432 g/mol. The number of anilines is 2. The van der Waals surface area contributed by atoms with Gasteiger partial charge >= 0.3 is 5.69 Å². The Kier molecular flexibility index (Phi) is 7.16. The van der Waals surface area contributed by atoms with E-state index in [-0.39, 0.29) is 24.6 Å². The fourth-order valence-electron chi connectivity index (χ4n) is 3.81. The number of tetrazole rings is 1. The third-order valence-corrected chi connectivity index (χ3v) is 5.59. The van der Waals surface area contributed by atoms with E-state index in [1.807, 2.05) is 65.6 Å². The van der Waals surface area contributed by atoms with E-state index in [1.165, 1.54) is 4.57 Å². The molecule has 0 amide bonds. The van der Waals surface area contributed by atoms with Crippen LogP contribution in [0.1, 0.15) is 36.7 Å². The van der Waals surface area contributed by atoms with Crippen molar-refractivity contribution in [3.63, 3.8) is 0 Å². The van der Waals surface area contributed by atoms with E-state index in [0.29, 0.717) is 18.9 Å². The third kappa shape index (κ3) is 5.22. The summed E-state index contributed by atoms with van der Waals surface area (Å²) in [5.41, 5.74) is 7.47. The molecular formula is C24H28N8O2. The number of hydrogen-bond acceptors (Lipinski definition) is 7. The van der Waals surface area contributed by atoms with Gasteiger partial charge in [-0.15, -0.1) is 5.10 Å². The Morgan fingerprint density at radius 3 is 2.32 bits per heavy atom. The molecule has 0 radical (unpaired) electrons. The molecule has 4 aromatic rings. The molecule has 0 aliphatic heterocycles. The summed E-state index contributed by atoms with van der Waals surface area (Å²) < 4.78 is 3.12. The molecule has 0 fully saturated rings. The summed E-state index contributed by atoms with van der Waals surface area (Å²) in [4.78, 5) is 29.9. The first-order valence-corrected chi connectivity index (χ1v) is 11.3. The first-order chi connectivity index (χ1) is 16.6. The summed E-state index contributed by atoms with van der Waals surface area (Å²) in [6.45, 7) is 3.66. The van der Waals surface area contributed by atoms with Crippen molar-refractivity contribution < 1.29 is 0 Å². The number of benzene rings is 2. The minimum Gasteiger partial charge on any atom is -0.383 e. The van der Waals surface area contributed by atoms with E-state index >= 15 is 0 Å². The summed E-state index contributed by atoms with van der Waals surface area (Å²) in [7, 11) is 0. The third-order valence-electron chi connectivity index (χ3n) is 5.59. The van der Waals surface area contributed by atoms with Crippen LogP contribution in [0, 0.1) is 0 Å². The number of nitrogens with one attached hydrogen (secondary N) is 1. The van der Waals surface area contributed by atoms with E-state index in [2.05, 4.69) is 27.4 Å². The maximum absolute atomic E-state index is 13.0. The van der Waals surface area contributed by atoms with Crippen LogP contribution >= 0.6 is 0 Å². The maximum atomic E-state index is 13.0. The summed E-state index contributed by atoms with van der Waals surface area (Å²) in [5, 5.41) is 12.1. The molecule has 0 unspecified atom stereocenters. The Morgan fingerprint density at radius 1 is 0.971 bits per heavy atom. The van der Waals surface area contributed by atoms with Crippen LogP contribution in [-0.4, -0.2) is 29.8 Å². The van der Waals surface area contributed by atoms with Gasteiger partial charge in [0, 0.05) is 13.1 Å². The van der Waals surface area contributed by atoms with Crippen LogP contribution < -0.4 is 21.9 Å². The lowest BCUT2D eigenvalue weighted by molar-refractivity contribution is 0.527. The second-order valence-electron chi connectivity index (χ2n) is 8.08. The fraction of sp³-hybridized carbons (Fsp3) is 0.292. The number of aromatic amines is 1. The van der Waals surface area contributed by atoms with Gasteiger partial charge in [0.1, 0.15) is 11.5 Å². The first-order valence-electron chi connectivity index (χ1n) is 11.3. The molecule has 2 heterocycles. The molecule has 2 aromatic heterocycles. The van der Waals surface area contributed by atoms with Crippen LogP contribution in [0.5, 0.6) is 0 Å². The highest BCUT2D eigenvalue weighted by Crippen LogP contribution is 2.22. The van der Waals surface area contributed by atoms with E-state index in [0.717, 1.165) is 24.0 Å². The number of aryl methyl sites for hydroxylation is 1. The van der Waals surface area contributed by atoms with Crippen molar-refractivity contribution >= 4 is 11.5 Å². The number of nitrogens with two attached hydrogens (primary N) is 1. The highest BCUT2D eigenvalue weighted by molar-refractivity contribution is 5.62. The number of hydrogen-bond donors (Lipinski definition) is 2. The lowest BCUT2D eigenvalue weighted by Gasteiger charge is -2.26. The van der Waals surface area contributed by atoms with Gasteiger partial charge in [0.15, 0.2) is 5.82 Å². The summed E-state index contributed by atoms with van der Waals surface area (Å²) >= 11 is 0. The van der Waals surface area contributed by atoms with Gasteiger partial charge in [0.05, 0.1) is 13.1 Å². The molecule has 3 N–H and O–H groups in total. The lowest BCUT2D eigenvalue weighted by atomic mass is 10.2. The average Bonchev–Trinajstić information content (AvgIpc) is 3.28. The van der Waals surface area contributed by atoms with Crippen molar-refractivity contribution in [1.82, 2.24) is 29.8 Å². The second-order valence-corrected chi connectivity index (χ2v) is 8.08. The van der Waals surface area contributed by atoms with Crippen LogP contribution in [0.25, 0.3) is 0 Å². The quantitative estimate of drug-likeness (QED) is 0.371. The summed E-state index contributed by atoms with van der Waals surface area (Å²) in [6.07, 6.45) is 1.94. The summed E-state index contributed by atoms with van der Waals surface area (Å²) in [5.74, 6) is 0.713. The smallest absolute Gasteiger partial charge is 0.330 e. The second kappa shape index (κ2) is 10.6. The zero-order chi connectivity index (χ0) is 23.9. The van der Waals surface area contributed by atoms with Gasteiger partial charge < -0.3 is 10.6 Å². The number of H-pyrrole nitrogens is 1. The number of unbranched alkanes of at least 4 members (excludes halogenated alkanes) is 1. The van der Waals surface area contributed by atoms with Gasteiger partial charge in [-0.25, -0.2) is 9.48 Å². The average molecular weight is 461 g/mol. The molecule has 0 aliphatic carbocycles. The molecule has 0 bridgehead atoms. The van der Waals surface area contributed by atoms with Crippen molar-refractivity contribution in [2.75, 3.05) is 10.6 Å². The number of nitrogen functional groups attached to an aromatic ring is 1. The molecule has 10 heteroatoms. The number of nitrogens with zero attached hydrogens (tertiary/aromatic N) is 6. The van der Waals surface area contributed by atoms with Crippen molar-refractivity contribution in [2.24, 2.45) is 0 Å². The largest absolute Gasteiger partial charge is 0.383 e. The van der Waals surface area contributed by atoms with E-state index in [9.17, 15) is 9.59 Å². The van der Waals surface area contributed by atoms with Crippen LogP contribution in [0.4, 0.5) is 11.5 Å². The predicted molar refractivity (Wildman–Crippen MR) is 130 cm³/mol. The molecule has 4 rings (SSSR count). The molecule has 10 nitrogen and oxygen atoms in total. The fourth-order valence-corrected chi connectivity index (χ4v) is 3.81. The van der Waals surface area contributed by atoms with Crippen LogP contribution in [0.3, 0.4) is 0 Å². The SMILES string of the molecule is CCCCn1nnnc1CN(Cc1ccccc1)c1c(N)n(Cc2ccccc2)c(=O)[nH]c1=O. The Labute approximate surface area is 196 Å². The Hall–Kier alpha value is -4.21. The minimum atomic E-state index is -0.553. The molecule has 0 saturated carbocycles. The molecule has 0 spiro atoms. The van der Waals surface area contributed by atoms with Gasteiger partial charge in [-0.1, -0.05) is 74.0 Å².